The fraction of sp³-hybridized carbons (Fsp3) is 0.500. The Labute approximate surface area is 199 Å². The first-order valence-corrected chi connectivity index (χ1v) is 12.4. The number of likely N-dealkylation sites (tertiary alicyclic amines) is 1. The second kappa shape index (κ2) is 9.21. The maximum Gasteiger partial charge on any atom is 0.410 e. The predicted molar refractivity (Wildman–Crippen MR) is 129 cm³/mol. The van der Waals surface area contributed by atoms with Gasteiger partial charge in [-0.1, -0.05) is 42.1 Å². The third kappa shape index (κ3) is 4.93. The van der Waals surface area contributed by atoms with Gasteiger partial charge in [-0.15, -0.1) is 0 Å². The van der Waals surface area contributed by atoms with Crippen LogP contribution in [0.3, 0.4) is 0 Å². The molecule has 1 aromatic carbocycles. The molecule has 3 amide bonds. The van der Waals surface area contributed by atoms with E-state index in [0.717, 1.165) is 11.1 Å². The van der Waals surface area contributed by atoms with Gasteiger partial charge in [-0.25, -0.2) is 19.6 Å². The summed E-state index contributed by atoms with van der Waals surface area (Å²) < 4.78 is 5.63. The highest BCUT2D eigenvalue weighted by atomic mass is 32.2. The molecule has 33 heavy (non-hydrogen) atoms. The van der Waals surface area contributed by atoms with E-state index in [1.807, 2.05) is 56.3 Å². The number of fused-ring (bicyclic) bond motifs is 1. The first-order valence-electron chi connectivity index (χ1n) is 11.1. The van der Waals surface area contributed by atoms with Crippen molar-refractivity contribution in [2.24, 2.45) is 0 Å². The second-order valence-corrected chi connectivity index (χ2v) is 10.2. The molecule has 9 heteroatoms. The van der Waals surface area contributed by atoms with Gasteiger partial charge >= 0.3 is 12.1 Å². The number of rotatable bonds is 3. The summed E-state index contributed by atoms with van der Waals surface area (Å²) >= 11 is 1.45. The summed E-state index contributed by atoms with van der Waals surface area (Å²) in [6.45, 7) is 7.09. The zero-order valence-corrected chi connectivity index (χ0v) is 20.6. The van der Waals surface area contributed by atoms with E-state index in [2.05, 4.69) is 22.1 Å². The first kappa shape index (κ1) is 23.4. The molecule has 8 nitrogen and oxygen atoms in total. The number of nitrogens with zero attached hydrogens (tertiary/aromatic N) is 5. The highest BCUT2D eigenvalue weighted by molar-refractivity contribution is 7.98. The van der Waals surface area contributed by atoms with Crippen molar-refractivity contribution in [3.63, 3.8) is 0 Å². The number of aromatic nitrogens is 2. The lowest BCUT2D eigenvalue weighted by Gasteiger charge is -2.46. The minimum Gasteiger partial charge on any atom is -0.444 e. The number of hydrogen-bond acceptors (Lipinski definition) is 6. The number of ether oxygens (including phenoxy) is 1. The zero-order chi connectivity index (χ0) is 23.8. The lowest BCUT2D eigenvalue weighted by atomic mass is 9.84. The molecule has 1 fully saturated rings. The Balaban J connectivity index is 1.63. The van der Waals surface area contributed by atoms with Crippen molar-refractivity contribution in [3.8, 4) is 0 Å². The minimum atomic E-state index is -0.555. The number of urea groups is 1. The number of benzene rings is 1. The van der Waals surface area contributed by atoms with E-state index in [4.69, 9.17) is 4.74 Å². The molecule has 0 aliphatic carbocycles. The van der Waals surface area contributed by atoms with Gasteiger partial charge in [0.05, 0.1) is 6.54 Å². The summed E-state index contributed by atoms with van der Waals surface area (Å²) in [5.41, 5.74) is 1.48. The summed E-state index contributed by atoms with van der Waals surface area (Å²) in [5.74, 6) is 0.635. The monoisotopic (exact) mass is 469 g/mol. The van der Waals surface area contributed by atoms with E-state index in [-0.39, 0.29) is 24.1 Å². The van der Waals surface area contributed by atoms with Crippen LogP contribution in [-0.4, -0.2) is 69.9 Å². The number of carbonyl (C=O) groups excluding carboxylic acids is 2. The molecular formula is C24H31N5O3S. The molecule has 0 radical (unpaired) electrons. The molecule has 176 valence electrons. The van der Waals surface area contributed by atoms with E-state index >= 15 is 0 Å². The molecule has 2 unspecified atom stereocenters. The number of amides is 3. The van der Waals surface area contributed by atoms with Crippen molar-refractivity contribution in [1.29, 1.82) is 0 Å². The van der Waals surface area contributed by atoms with Crippen LogP contribution in [-0.2, 0) is 11.3 Å². The van der Waals surface area contributed by atoms with Gasteiger partial charge < -0.3 is 14.5 Å². The summed E-state index contributed by atoms with van der Waals surface area (Å²) in [6, 6.07) is 9.96. The summed E-state index contributed by atoms with van der Waals surface area (Å²) in [7, 11) is 1.76. The van der Waals surface area contributed by atoms with Crippen molar-refractivity contribution >= 4 is 29.7 Å². The Kier molecular flexibility index (Phi) is 6.52. The Morgan fingerprint density at radius 3 is 2.61 bits per heavy atom. The van der Waals surface area contributed by atoms with Crippen molar-refractivity contribution in [3.05, 3.63) is 47.7 Å². The van der Waals surface area contributed by atoms with E-state index < -0.39 is 5.60 Å². The fourth-order valence-corrected chi connectivity index (χ4v) is 4.84. The summed E-state index contributed by atoms with van der Waals surface area (Å²) in [6.07, 6.45) is 4.09. The molecule has 1 saturated heterocycles. The third-order valence-corrected chi connectivity index (χ3v) is 6.61. The van der Waals surface area contributed by atoms with E-state index in [0.29, 0.717) is 37.0 Å². The molecule has 0 saturated carbocycles. The topological polar surface area (TPSA) is 78.9 Å². The maximum absolute atomic E-state index is 13.4. The smallest absolute Gasteiger partial charge is 0.410 e. The third-order valence-electron chi connectivity index (χ3n) is 6.05. The largest absolute Gasteiger partial charge is 0.444 e. The van der Waals surface area contributed by atoms with Crippen LogP contribution < -0.4 is 4.90 Å². The van der Waals surface area contributed by atoms with Crippen molar-refractivity contribution in [1.82, 2.24) is 19.8 Å². The highest BCUT2D eigenvalue weighted by Crippen LogP contribution is 2.36. The van der Waals surface area contributed by atoms with Gasteiger partial charge in [-0.3, -0.25) is 4.90 Å². The van der Waals surface area contributed by atoms with Gasteiger partial charge in [-0.2, -0.15) is 0 Å². The quantitative estimate of drug-likeness (QED) is 0.491. The van der Waals surface area contributed by atoms with E-state index in [1.165, 1.54) is 11.8 Å². The SMILES string of the molecule is CSc1ncc2c(n1)N(C)C(=O)N(C1CCN(C(=O)OC(C)(C)C)CC1c1ccccc1)C2. The first-order chi connectivity index (χ1) is 15.7. The summed E-state index contributed by atoms with van der Waals surface area (Å²) in [5, 5.41) is 0.648. The second-order valence-electron chi connectivity index (χ2n) is 9.47. The van der Waals surface area contributed by atoms with Gasteiger partial charge in [0.2, 0.25) is 0 Å². The van der Waals surface area contributed by atoms with Gasteiger partial charge in [0.1, 0.15) is 11.4 Å². The highest BCUT2D eigenvalue weighted by Gasteiger charge is 2.42. The Hall–Kier alpha value is -2.81. The predicted octanol–water partition coefficient (Wildman–Crippen LogP) is 4.36. The van der Waals surface area contributed by atoms with Crippen LogP contribution in [0.25, 0.3) is 0 Å². The van der Waals surface area contributed by atoms with Crippen molar-refractivity contribution < 1.29 is 14.3 Å². The molecular weight excluding hydrogens is 438 g/mol. The normalized spacial score (nSPS) is 21.1. The van der Waals surface area contributed by atoms with Crippen LogP contribution in [0, 0.1) is 0 Å². The van der Waals surface area contributed by atoms with Gasteiger partial charge in [0.25, 0.3) is 0 Å². The van der Waals surface area contributed by atoms with E-state index in [9.17, 15) is 9.59 Å². The molecule has 2 aliphatic rings. The van der Waals surface area contributed by atoms with Gasteiger partial charge in [0.15, 0.2) is 5.16 Å². The van der Waals surface area contributed by atoms with Crippen molar-refractivity contribution in [2.75, 3.05) is 31.3 Å². The molecule has 1 aromatic heterocycles. The fourth-order valence-electron chi connectivity index (χ4n) is 4.51. The maximum atomic E-state index is 13.4. The standard InChI is InChI=1S/C24H31N5O3S/c1-24(2,3)32-23(31)28-12-11-19(18(15-28)16-9-7-6-8-10-16)29-14-17-13-25-21(33-5)26-20(17)27(4)22(29)30/h6-10,13,18-19H,11-12,14-15H2,1-5H3. The lowest BCUT2D eigenvalue weighted by molar-refractivity contribution is 0.0125. The number of hydrogen-bond donors (Lipinski definition) is 0. The lowest BCUT2D eigenvalue weighted by Crippen LogP contribution is -2.57. The molecule has 0 N–H and O–H groups in total. The molecule has 3 heterocycles. The number of anilines is 1. The molecule has 0 bridgehead atoms. The Bertz CT molecular complexity index is 1030. The van der Waals surface area contributed by atoms with Crippen LogP contribution in [0.1, 0.15) is 44.2 Å². The summed E-state index contributed by atoms with van der Waals surface area (Å²) in [4.78, 5) is 40.5. The van der Waals surface area contributed by atoms with Crippen LogP contribution >= 0.6 is 11.8 Å². The van der Waals surface area contributed by atoms with Gasteiger partial charge in [-0.05, 0) is 39.0 Å². The number of carbonyl (C=O) groups is 2. The Morgan fingerprint density at radius 1 is 1.21 bits per heavy atom. The average Bonchev–Trinajstić information content (AvgIpc) is 2.80. The minimum absolute atomic E-state index is 0.0299. The van der Waals surface area contributed by atoms with Crippen LogP contribution in [0.2, 0.25) is 0 Å². The molecule has 4 rings (SSSR count). The zero-order valence-electron chi connectivity index (χ0n) is 19.8. The molecule has 0 spiro atoms. The molecule has 2 aliphatic heterocycles. The molecule has 2 aromatic rings. The number of piperidine rings is 1. The Morgan fingerprint density at radius 2 is 1.94 bits per heavy atom. The van der Waals surface area contributed by atoms with Crippen LogP contribution in [0.15, 0.2) is 41.7 Å². The van der Waals surface area contributed by atoms with E-state index in [1.54, 1.807) is 16.8 Å². The molecule has 2 atom stereocenters. The average molecular weight is 470 g/mol. The van der Waals surface area contributed by atoms with Crippen molar-refractivity contribution in [2.45, 2.75) is 56.5 Å². The number of thioether (sulfide) groups is 1. The van der Waals surface area contributed by atoms with Crippen LogP contribution in [0.5, 0.6) is 0 Å². The van der Waals surface area contributed by atoms with Gasteiger partial charge in [0, 0.05) is 43.9 Å². The van der Waals surface area contributed by atoms with Crippen LogP contribution in [0.4, 0.5) is 15.4 Å².